The number of guanidine groups is 1. The standard InChI is InChI=1S/C18H28N6O3.ClH/c1-11(2)15(24-16(26)12-5-7-13(19)8-6-12)17(27)23-14(10-25)4-3-9-22-18(20)21;/h5-8,10-11,14-15H,3-4,9,19H2,1-2H3,(H,23,27)(H,24,26)(H4,20,21,22);1H/t14-,15-;/m0./s1. The Kier molecular flexibility index (Phi) is 11.3. The third-order valence-electron chi connectivity index (χ3n) is 3.87. The van der Waals surface area contributed by atoms with Gasteiger partial charge in [-0.3, -0.25) is 14.6 Å². The highest BCUT2D eigenvalue weighted by Gasteiger charge is 2.26. The highest BCUT2D eigenvalue weighted by Crippen LogP contribution is 2.09. The van der Waals surface area contributed by atoms with Gasteiger partial charge in [-0.1, -0.05) is 13.8 Å². The number of anilines is 1. The second kappa shape index (κ2) is 12.6. The number of nitrogens with one attached hydrogen (secondary N) is 2. The normalized spacial score (nSPS) is 12.2. The van der Waals surface area contributed by atoms with Crippen LogP contribution in [0.1, 0.15) is 37.0 Å². The molecule has 0 radical (unpaired) electrons. The van der Waals surface area contributed by atoms with Crippen LogP contribution in [0.4, 0.5) is 5.69 Å². The summed E-state index contributed by atoms with van der Waals surface area (Å²) in [5.74, 6) is -1.00. The first-order chi connectivity index (χ1) is 12.7. The molecule has 0 unspecified atom stereocenters. The zero-order valence-corrected chi connectivity index (χ0v) is 16.9. The molecule has 0 aliphatic carbocycles. The molecule has 1 aromatic carbocycles. The number of carbonyl (C=O) groups excluding carboxylic acids is 3. The third kappa shape index (κ3) is 8.72. The molecule has 8 N–H and O–H groups in total. The Labute approximate surface area is 170 Å². The van der Waals surface area contributed by atoms with Gasteiger partial charge in [0.15, 0.2) is 5.96 Å². The van der Waals surface area contributed by atoms with Crippen LogP contribution in [0, 0.1) is 5.92 Å². The Morgan fingerprint density at radius 3 is 2.25 bits per heavy atom. The number of aldehydes is 1. The first-order valence-corrected chi connectivity index (χ1v) is 8.72. The van der Waals surface area contributed by atoms with Crippen LogP contribution in [0.2, 0.25) is 0 Å². The first-order valence-electron chi connectivity index (χ1n) is 8.72. The molecule has 1 rings (SSSR count). The number of benzene rings is 1. The lowest BCUT2D eigenvalue weighted by Crippen LogP contribution is -2.52. The minimum atomic E-state index is -0.782. The van der Waals surface area contributed by atoms with E-state index in [2.05, 4.69) is 15.6 Å². The summed E-state index contributed by atoms with van der Waals surface area (Å²) in [5.41, 5.74) is 17.0. The quantitative estimate of drug-likeness (QED) is 0.121. The van der Waals surface area contributed by atoms with Gasteiger partial charge < -0.3 is 32.6 Å². The Bertz CT molecular complexity index is 674. The fourth-order valence-corrected chi connectivity index (χ4v) is 2.36. The second-order valence-electron chi connectivity index (χ2n) is 6.52. The van der Waals surface area contributed by atoms with Crippen molar-refractivity contribution in [1.82, 2.24) is 10.6 Å². The van der Waals surface area contributed by atoms with E-state index in [4.69, 9.17) is 17.2 Å². The Balaban J connectivity index is 0.00000729. The van der Waals surface area contributed by atoms with E-state index in [1.54, 1.807) is 24.3 Å². The summed E-state index contributed by atoms with van der Waals surface area (Å²) in [6, 6.07) is 4.92. The van der Waals surface area contributed by atoms with Gasteiger partial charge in [-0.25, -0.2) is 0 Å². The maximum atomic E-state index is 12.5. The summed E-state index contributed by atoms with van der Waals surface area (Å²) >= 11 is 0. The van der Waals surface area contributed by atoms with Gasteiger partial charge in [0.25, 0.3) is 5.91 Å². The molecule has 10 heteroatoms. The van der Waals surface area contributed by atoms with Crippen molar-refractivity contribution in [3.05, 3.63) is 29.8 Å². The van der Waals surface area contributed by atoms with Crippen LogP contribution in [-0.2, 0) is 9.59 Å². The van der Waals surface area contributed by atoms with Gasteiger partial charge in [-0.15, -0.1) is 12.4 Å². The average molecular weight is 413 g/mol. The van der Waals surface area contributed by atoms with Crippen molar-refractivity contribution in [1.29, 1.82) is 0 Å². The number of nitrogen functional groups attached to an aromatic ring is 1. The van der Waals surface area contributed by atoms with Crippen LogP contribution in [-0.4, -0.2) is 42.7 Å². The van der Waals surface area contributed by atoms with Crippen molar-refractivity contribution in [2.24, 2.45) is 22.4 Å². The summed E-state index contributed by atoms with van der Waals surface area (Å²) in [4.78, 5) is 40.0. The van der Waals surface area contributed by atoms with Gasteiger partial charge in [0.05, 0.1) is 6.04 Å². The van der Waals surface area contributed by atoms with Gasteiger partial charge in [0, 0.05) is 17.8 Å². The fraction of sp³-hybridized carbons (Fsp3) is 0.444. The minimum absolute atomic E-state index is 0. The van der Waals surface area contributed by atoms with E-state index in [9.17, 15) is 14.4 Å². The highest BCUT2D eigenvalue weighted by atomic mass is 35.5. The van der Waals surface area contributed by atoms with Gasteiger partial charge >= 0.3 is 0 Å². The molecule has 9 nitrogen and oxygen atoms in total. The topological polar surface area (TPSA) is 166 Å². The van der Waals surface area contributed by atoms with Crippen LogP contribution < -0.4 is 27.8 Å². The van der Waals surface area contributed by atoms with Crippen LogP contribution in [0.25, 0.3) is 0 Å². The number of nitrogens with two attached hydrogens (primary N) is 3. The van der Waals surface area contributed by atoms with Crippen molar-refractivity contribution in [2.75, 3.05) is 12.3 Å². The van der Waals surface area contributed by atoms with Crippen LogP contribution >= 0.6 is 12.4 Å². The summed E-state index contributed by atoms with van der Waals surface area (Å²) in [6.45, 7) is 3.98. The predicted octanol–water partition coefficient (Wildman–Crippen LogP) is 0.182. The molecular formula is C18H29ClN6O3. The Hall–Kier alpha value is -2.81. The molecule has 0 saturated heterocycles. The number of amides is 2. The summed E-state index contributed by atoms with van der Waals surface area (Å²) < 4.78 is 0. The monoisotopic (exact) mass is 412 g/mol. The number of hydrogen-bond acceptors (Lipinski definition) is 5. The van der Waals surface area contributed by atoms with Crippen LogP contribution in [0.15, 0.2) is 29.3 Å². The average Bonchev–Trinajstić information content (AvgIpc) is 2.61. The molecule has 2 atom stereocenters. The van der Waals surface area contributed by atoms with E-state index in [0.29, 0.717) is 36.9 Å². The van der Waals surface area contributed by atoms with E-state index in [0.717, 1.165) is 0 Å². The molecule has 0 bridgehead atoms. The van der Waals surface area contributed by atoms with E-state index in [1.165, 1.54) is 0 Å². The molecule has 156 valence electrons. The van der Waals surface area contributed by atoms with Crippen molar-refractivity contribution in [2.45, 2.75) is 38.8 Å². The van der Waals surface area contributed by atoms with Crippen molar-refractivity contribution in [3.63, 3.8) is 0 Å². The van der Waals surface area contributed by atoms with Gasteiger partial charge in [0.2, 0.25) is 5.91 Å². The maximum absolute atomic E-state index is 12.5. The fourth-order valence-electron chi connectivity index (χ4n) is 2.36. The van der Waals surface area contributed by atoms with Gasteiger partial charge in [-0.2, -0.15) is 0 Å². The zero-order valence-electron chi connectivity index (χ0n) is 16.1. The molecule has 0 aromatic heterocycles. The molecule has 0 saturated carbocycles. The molecule has 0 aliphatic rings. The van der Waals surface area contributed by atoms with E-state index >= 15 is 0 Å². The summed E-state index contributed by atoms with van der Waals surface area (Å²) in [5, 5.41) is 5.35. The molecule has 0 aliphatic heterocycles. The van der Waals surface area contributed by atoms with E-state index < -0.39 is 18.0 Å². The number of carbonyl (C=O) groups is 3. The first kappa shape index (κ1) is 25.2. The van der Waals surface area contributed by atoms with Crippen LogP contribution in [0.5, 0.6) is 0 Å². The maximum Gasteiger partial charge on any atom is 0.251 e. The smallest absolute Gasteiger partial charge is 0.251 e. The van der Waals surface area contributed by atoms with Crippen molar-refractivity contribution in [3.8, 4) is 0 Å². The van der Waals surface area contributed by atoms with E-state index in [-0.39, 0.29) is 30.2 Å². The van der Waals surface area contributed by atoms with Crippen LogP contribution in [0.3, 0.4) is 0 Å². The highest BCUT2D eigenvalue weighted by molar-refractivity contribution is 5.98. The largest absolute Gasteiger partial charge is 0.399 e. The number of halogens is 1. The lowest BCUT2D eigenvalue weighted by molar-refractivity contribution is -0.126. The molecular weight excluding hydrogens is 384 g/mol. The van der Waals surface area contributed by atoms with Gasteiger partial charge in [0.1, 0.15) is 12.3 Å². The molecule has 2 amide bonds. The predicted molar refractivity (Wildman–Crippen MR) is 112 cm³/mol. The molecule has 0 heterocycles. The molecule has 1 aromatic rings. The zero-order chi connectivity index (χ0) is 20.4. The minimum Gasteiger partial charge on any atom is -0.399 e. The summed E-state index contributed by atoms with van der Waals surface area (Å²) in [6.07, 6.45) is 1.58. The molecule has 0 fully saturated rings. The number of aliphatic imine (C=N–C) groups is 1. The number of rotatable bonds is 10. The van der Waals surface area contributed by atoms with E-state index in [1.807, 2.05) is 13.8 Å². The number of nitrogens with zero attached hydrogens (tertiary/aromatic N) is 1. The SMILES string of the molecule is CC(C)[C@H](NC(=O)c1ccc(N)cc1)C(=O)N[C@H](C=O)CCCN=C(N)N.Cl. The number of hydrogen-bond donors (Lipinski definition) is 5. The molecule has 28 heavy (non-hydrogen) atoms. The lowest BCUT2D eigenvalue weighted by Gasteiger charge is -2.23. The van der Waals surface area contributed by atoms with Crippen molar-refractivity contribution >= 4 is 42.2 Å². The lowest BCUT2D eigenvalue weighted by atomic mass is 10.0. The summed E-state index contributed by atoms with van der Waals surface area (Å²) in [7, 11) is 0. The third-order valence-corrected chi connectivity index (χ3v) is 3.87. The van der Waals surface area contributed by atoms with Gasteiger partial charge in [-0.05, 0) is 43.0 Å². The van der Waals surface area contributed by atoms with Crippen molar-refractivity contribution < 1.29 is 14.4 Å². The Morgan fingerprint density at radius 1 is 1.14 bits per heavy atom. The second-order valence-corrected chi connectivity index (χ2v) is 6.52. The molecule has 0 spiro atoms. The Morgan fingerprint density at radius 2 is 1.75 bits per heavy atom.